The van der Waals surface area contributed by atoms with Crippen molar-refractivity contribution in [3.05, 3.63) is 120 Å². The van der Waals surface area contributed by atoms with Gasteiger partial charge in [-0.25, -0.2) is 9.59 Å². The van der Waals surface area contributed by atoms with Crippen molar-refractivity contribution in [3.8, 4) is 0 Å². The van der Waals surface area contributed by atoms with Crippen LogP contribution in [0, 0.1) is 0 Å². The second kappa shape index (κ2) is 10.8. The van der Waals surface area contributed by atoms with E-state index in [-0.39, 0.29) is 6.61 Å². The smallest absolute Gasteiger partial charge is 0.407 e. The average Bonchev–Trinajstić information content (AvgIpc) is 2.87. The van der Waals surface area contributed by atoms with Gasteiger partial charge in [0.2, 0.25) is 0 Å². The number of alkyl carbamates (subject to hydrolysis) is 1. The van der Waals surface area contributed by atoms with Gasteiger partial charge in [-0.2, -0.15) is 0 Å². The standard InChI is InChI=1S/C27H29NO4Si/c1-3-20-31-25(30)28-27(33,23-18-12-7-13-19-23)26(32-24(29)4-2,21-14-8-5-9-15-21)22-16-10-6-11-17-22/h4-19H,2-3,20H2,1,33H3,(H,28,30). The molecule has 3 aromatic carbocycles. The van der Waals surface area contributed by atoms with Crippen LogP contribution in [0.4, 0.5) is 4.79 Å². The van der Waals surface area contributed by atoms with Crippen LogP contribution in [0.5, 0.6) is 0 Å². The van der Waals surface area contributed by atoms with Gasteiger partial charge in [0.25, 0.3) is 0 Å². The van der Waals surface area contributed by atoms with Gasteiger partial charge in [0.15, 0.2) is 5.60 Å². The molecule has 0 saturated carbocycles. The van der Waals surface area contributed by atoms with Crippen molar-refractivity contribution in [3.63, 3.8) is 0 Å². The second-order valence-electron chi connectivity index (χ2n) is 7.79. The lowest BCUT2D eigenvalue weighted by atomic mass is 9.76. The average molecular weight is 460 g/mol. The number of carbonyl (C=O) groups excluding carboxylic acids is 2. The molecule has 3 aromatic rings. The fourth-order valence-electron chi connectivity index (χ4n) is 4.07. The summed E-state index contributed by atoms with van der Waals surface area (Å²) in [5.41, 5.74) is 0.872. The second-order valence-corrected chi connectivity index (χ2v) is 9.29. The molecule has 6 heteroatoms. The molecule has 0 aromatic heterocycles. The predicted octanol–water partition coefficient (Wildman–Crippen LogP) is 4.01. The molecule has 170 valence electrons. The summed E-state index contributed by atoms with van der Waals surface area (Å²) < 4.78 is 11.7. The van der Waals surface area contributed by atoms with E-state index >= 15 is 0 Å². The van der Waals surface area contributed by atoms with E-state index in [4.69, 9.17) is 9.47 Å². The lowest BCUT2D eigenvalue weighted by molar-refractivity contribution is -0.156. The molecule has 0 aliphatic rings. The summed E-state index contributed by atoms with van der Waals surface area (Å²) >= 11 is 0. The third-order valence-corrected chi connectivity index (χ3v) is 7.16. The predicted molar refractivity (Wildman–Crippen MR) is 133 cm³/mol. The molecule has 1 N–H and O–H groups in total. The van der Waals surface area contributed by atoms with Crippen LogP contribution < -0.4 is 5.32 Å². The van der Waals surface area contributed by atoms with Gasteiger partial charge in [-0.05, 0) is 12.0 Å². The summed E-state index contributed by atoms with van der Waals surface area (Å²) in [7, 11) is 0.374. The van der Waals surface area contributed by atoms with Crippen molar-refractivity contribution in [2.45, 2.75) is 24.1 Å². The zero-order valence-electron chi connectivity index (χ0n) is 19.0. The van der Waals surface area contributed by atoms with E-state index in [0.29, 0.717) is 16.7 Å². The van der Waals surface area contributed by atoms with Gasteiger partial charge in [-0.3, -0.25) is 0 Å². The maximum absolute atomic E-state index is 13.0. The molecule has 0 spiro atoms. The summed E-state index contributed by atoms with van der Waals surface area (Å²) in [5, 5.41) is 1.99. The Morgan fingerprint density at radius 3 is 1.76 bits per heavy atom. The van der Waals surface area contributed by atoms with E-state index in [0.717, 1.165) is 22.8 Å². The van der Waals surface area contributed by atoms with Crippen LogP contribution in [-0.2, 0) is 25.0 Å². The summed E-state index contributed by atoms with van der Waals surface area (Å²) in [6, 6.07) is 28.5. The Hall–Kier alpha value is -3.64. The summed E-state index contributed by atoms with van der Waals surface area (Å²) in [6.07, 6.45) is 1.27. The van der Waals surface area contributed by atoms with E-state index in [9.17, 15) is 9.59 Å². The number of hydrogen-bond acceptors (Lipinski definition) is 4. The molecule has 0 fully saturated rings. The molecule has 5 nitrogen and oxygen atoms in total. The summed E-state index contributed by atoms with van der Waals surface area (Å²) in [6.45, 7) is 5.83. The minimum absolute atomic E-state index is 0.286. The number of carbonyl (C=O) groups is 2. The number of nitrogens with one attached hydrogen (secondary N) is 1. The number of esters is 1. The number of amides is 1. The van der Waals surface area contributed by atoms with Crippen molar-refractivity contribution < 1.29 is 19.1 Å². The molecule has 0 heterocycles. The Morgan fingerprint density at radius 2 is 1.33 bits per heavy atom. The van der Waals surface area contributed by atoms with Crippen molar-refractivity contribution in [2.75, 3.05) is 6.61 Å². The van der Waals surface area contributed by atoms with Gasteiger partial charge in [-0.15, -0.1) is 0 Å². The Bertz CT molecular complexity index is 1030. The third kappa shape index (κ3) is 4.91. The highest BCUT2D eigenvalue weighted by atomic mass is 28.1. The molecular weight excluding hydrogens is 430 g/mol. The lowest BCUT2D eigenvalue weighted by Crippen LogP contribution is -2.63. The molecule has 0 aliphatic heterocycles. The maximum atomic E-state index is 13.0. The van der Waals surface area contributed by atoms with Gasteiger partial charge < -0.3 is 14.8 Å². The van der Waals surface area contributed by atoms with Crippen LogP contribution in [0.3, 0.4) is 0 Å². The van der Waals surface area contributed by atoms with Crippen LogP contribution in [0.1, 0.15) is 30.0 Å². The highest BCUT2D eigenvalue weighted by Crippen LogP contribution is 2.47. The number of ether oxygens (including phenoxy) is 2. The van der Waals surface area contributed by atoms with Crippen molar-refractivity contribution >= 4 is 22.3 Å². The van der Waals surface area contributed by atoms with Crippen LogP contribution >= 0.6 is 0 Å². The minimum Gasteiger partial charge on any atom is -0.450 e. The van der Waals surface area contributed by atoms with Crippen molar-refractivity contribution in [2.24, 2.45) is 0 Å². The molecule has 1 unspecified atom stereocenters. The van der Waals surface area contributed by atoms with E-state index < -0.39 is 22.8 Å². The molecule has 1 atom stereocenters. The van der Waals surface area contributed by atoms with E-state index in [2.05, 4.69) is 11.9 Å². The van der Waals surface area contributed by atoms with E-state index in [1.807, 2.05) is 97.9 Å². The first kappa shape index (κ1) is 24.0. The fourth-order valence-corrected chi connectivity index (χ4v) is 5.29. The molecule has 0 bridgehead atoms. The number of rotatable bonds is 9. The van der Waals surface area contributed by atoms with Gasteiger partial charge in [0.05, 0.1) is 11.8 Å². The van der Waals surface area contributed by atoms with Crippen LogP contribution in [0.15, 0.2) is 104 Å². The molecule has 0 radical (unpaired) electrons. The fraction of sp³-hybridized carbons (Fsp3) is 0.185. The molecule has 0 saturated heterocycles. The number of hydrogen-bond donors (Lipinski definition) is 1. The van der Waals surface area contributed by atoms with Gasteiger partial charge in [0.1, 0.15) is 0 Å². The van der Waals surface area contributed by atoms with E-state index in [1.54, 1.807) is 0 Å². The first-order valence-corrected chi connectivity index (χ1v) is 11.9. The highest BCUT2D eigenvalue weighted by Gasteiger charge is 2.56. The third-order valence-electron chi connectivity index (χ3n) is 5.63. The molecule has 3 rings (SSSR count). The van der Waals surface area contributed by atoms with E-state index in [1.165, 1.54) is 0 Å². The Labute approximate surface area is 197 Å². The molecule has 1 amide bonds. The van der Waals surface area contributed by atoms with Crippen molar-refractivity contribution in [1.82, 2.24) is 5.32 Å². The topological polar surface area (TPSA) is 64.6 Å². The Balaban J connectivity index is 2.37. The molecule has 33 heavy (non-hydrogen) atoms. The van der Waals surface area contributed by atoms with Crippen LogP contribution in [0.2, 0.25) is 0 Å². The molecule has 0 aliphatic carbocycles. The van der Waals surface area contributed by atoms with Crippen molar-refractivity contribution in [1.29, 1.82) is 0 Å². The quantitative estimate of drug-likeness (QED) is 0.298. The van der Waals surface area contributed by atoms with Crippen LogP contribution in [0.25, 0.3) is 0 Å². The highest BCUT2D eigenvalue weighted by molar-refractivity contribution is 6.18. The normalized spacial score (nSPS) is 12.9. The summed E-state index contributed by atoms with van der Waals surface area (Å²) in [5.74, 6) is -0.595. The van der Waals surface area contributed by atoms with Gasteiger partial charge >= 0.3 is 12.1 Å². The maximum Gasteiger partial charge on any atom is 0.407 e. The van der Waals surface area contributed by atoms with Gasteiger partial charge in [-0.1, -0.05) is 104 Å². The Kier molecular flexibility index (Phi) is 7.85. The van der Waals surface area contributed by atoms with Gasteiger partial charge in [0, 0.05) is 27.4 Å². The zero-order chi connectivity index (χ0) is 23.7. The van der Waals surface area contributed by atoms with Crippen LogP contribution in [-0.4, -0.2) is 28.9 Å². The first-order valence-electron chi connectivity index (χ1n) is 10.9. The monoisotopic (exact) mass is 459 g/mol. The molecular formula is C27H29NO4Si. The largest absolute Gasteiger partial charge is 0.450 e. The number of benzene rings is 3. The SMILES string of the molecule is C=CC(=O)OC(c1ccccc1)(c1ccccc1)C([SiH3])(NC(=O)OCCC)c1ccccc1. The zero-order valence-corrected chi connectivity index (χ0v) is 21.0. The lowest BCUT2D eigenvalue weighted by Gasteiger charge is -2.49. The first-order chi connectivity index (χ1) is 16.0. The minimum atomic E-state index is -1.38. The summed E-state index contributed by atoms with van der Waals surface area (Å²) in [4.78, 5) is 25.8. The Morgan fingerprint density at radius 1 is 0.879 bits per heavy atom.